The number of esters is 2. The largest absolute Gasteiger partial charge is 0.458 e. The van der Waals surface area contributed by atoms with E-state index in [-0.39, 0.29) is 23.0 Å². The van der Waals surface area contributed by atoms with Crippen LogP contribution in [0.25, 0.3) is 0 Å². The van der Waals surface area contributed by atoms with Gasteiger partial charge in [0.1, 0.15) is 13.2 Å². The van der Waals surface area contributed by atoms with Crippen molar-refractivity contribution in [1.29, 1.82) is 0 Å². The maximum atomic E-state index is 12.7. The van der Waals surface area contributed by atoms with E-state index in [9.17, 15) is 18.0 Å². The van der Waals surface area contributed by atoms with Crippen molar-refractivity contribution in [3.05, 3.63) is 85.0 Å². The van der Waals surface area contributed by atoms with E-state index in [2.05, 4.69) is 13.2 Å². The first-order chi connectivity index (χ1) is 12.9. The van der Waals surface area contributed by atoms with Crippen LogP contribution in [-0.4, -0.2) is 20.4 Å². The van der Waals surface area contributed by atoms with E-state index in [1.807, 2.05) is 0 Å². The minimum atomic E-state index is -3.69. The van der Waals surface area contributed by atoms with Gasteiger partial charge in [0.2, 0.25) is 9.84 Å². The van der Waals surface area contributed by atoms with Gasteiger partial charge < -0.3 is 9.47 Å². The molecule has 2 aromatic carbocycles. The van der Waals surface area contributed by atoms with Crippen LogP contribution in [0.15, 0.2) is 83.6 Å². The summed E-state index contributed by atoms with van der Waals surface area (Å²) in [7, 11) is -3.69. The molecule has 0 N–H and O–H groups in total. The highest BCUT2D eigenvalue weighted by atomic mass is 32.2. The summed E-state index contributed by atoms with van der Waals surface area (Å²) in [6, 6.07) is 12.1. The van der Waals surface area contributed by atoms with E-state index >= 15 is 0 Å². The number of hydrogen-bond donors (Lipinski definition) is 0. The van der Waals surface area contributed by atoms with Crippen LogP contribution in [0.5, 0.6) is 0 Å². The highest BCUT2D eigenvalue weighted by Gasteiger charge is 2.17. The molecule has 0 unspecified atom stereocenters. The maximum absolute atomic E-state index is 12.7. The van der Waals surface area contributed by atoms with Crippen LogP contribution < -0.4 is 0 Å². The Balaban J connectivity index is 2.10. The van der Waals surface area contributed by atoms with Gasteiger partial charge in [0.15, 0.2) is 0 Å². The first kappa shape index (κ1) is 20.1. The Hall–Kier alpha value is -3.19. The summed E-state index contributed by atoms with van der Waals surface area (Å²) < 4.78 is 35.2. The fourth-order valence-corrected chi connectivity index (χ4v) is 3.35. The molecule has 0 aliphatic rings. The molecular weight excluding hydrogens is 368 g/mol. The Morgan fingerprint density at radius 2 is 1.07 bits per heavy atom. The zero-order valence-electron chi connectivity index (χ0n) is 14.5. The van der Waals surface area contributed by atoms with Gasteiger partial charge >= 0.3 is 11.9 Å². The summed E-state index contributed by atoms with van der Waals surface area (Å²) in [6.45, 7) is 6.66. The van der Waals surface area contributed by atoms with E-state index < -0.39 is 21.8 Å². The molecule has 0 aromatic heterocycles. The van der Waals surface area contributed by atoms with Crippen molar-refractivity contribution in [2.24, 2.45) is 0 Å². The average Bonchev–Trinajstić information content (AvgIpc) is 2.70. The van der Waals surface area contributed by atoms with Crippen molar-refractivity contribution in [3.63, 3.8) is 0 Å². The summed E-state index contributed by atoms with van der Waals surface area (Å²) in [4.78, 5) is 22.3. The lowest BCUT2D eigenvalue weighted by Crippen LogP contribution is -2.04. The van der Waals surface area contributed by atoms with Gasteiger partial charge in [0.25, 0.3) is 0 Å². The van der Waals surface area contributed by atoms with Gasteiger partial charge in [-0.05, 0) is 35.4 Å². The van der Waals surface area contributed by atoms with Crippen molar-refractivity contribution < 1.29 is 27.5 Å². The zero-order valence-corrected chi connectivity index (χ0v) is 15.3. The smallest absolute Gasteiger partial charge is 0.330 e. The van der Waals surface area contributed by atoms with Crippen LogP contribution >= 0.6 is 0 Å². The lowest BCUT2D eigenvalue weighted by Gasteiger charge is -2.08. The molecule has 0 saturated carbocycles. The predicted molar refractivity (Wildman–Crippen MR) is 98.3 cm³/mol. The summed E-state index contributed by atoms with van der Waals surface area (Å²) in [5.41, 5.74) is 1.31. The number of hydrogen-bond acceptors (Lipinski definition) is 6. The fraction of sp³-hybridized carbons (Fsp3) is 0.100. The van der Waals surface area contributed by atoms with Gasteiger partial charge in [-0.3, -0.25) is 0 Å². The van der Waals surface area contributed by atoms with E-state index in [4.69, 9.17) is 9.47 Å². The zero-order chi connectivity index (χ0) is 19.9. The summed E-state index contributed by atoms with van der Waals surface area (Å²) >= 11 is 0. The predicted octanol–water partition coefficient (Wildman–Crippen LogP) is 2.98. The van der Waals surface area contributed by atoms with Crippen molar-refractivity contribution >= 4 is 21.8 Å². The van der Waals surface area contributed by atoms with E-state index in [1.54, 1.807) is 24.3 Å². The molecule has 27 heavy (non-hydrogen) atoms. The summed E-state index contributed by atoms with van der Waals surface area (Å²) in [5.74, 6) is -1.10. The molecule has 2 aromatic rings. The van der Waals surface area contributed by atoms with Crippen molar-refractivity contribution in [2.75, 3.05) is 0 Å². The van der Waals surface area contributed by atoms with Crippen LogP contribution in [0, 0.1) is 0 Å². The third-order valence-electron chi connectivity index (χ3n) is 3.56. The molecule has 6 nitrogen and oxygen atoms in total. The Morgan fingerprint density at radius 3 is 1.37 bits per heavy atom. The molecule has 2 rings (SSSR count). The normalized spacial score (nSPS) is 10.7. The van der Waals surface area contributed by atoms with Crippen LogP contribution in [0.3, 0.4) is 0 Å². The monoisotopic (exact) mass is 386 g/mol. The summed E-state index contributed by atoms with van der Waals surface area (Å²) in [5, 5.41) is 0. The second kappa shape index (κ2) is 8.95. The lowest BCUT2D eigenvalue weighted by atomic mass is 10.2. The highest BCUT2D eigenvalue weighted by molar-refractivity contribution is 7.91. The molecular formula is C20H18O6S. The van der Waals surface area contributed by atoms with Crippen LogP contribution in [0.4, 0.5) is 0 Å². The molecule has 0 saturated heterocycles. The molecule has 0 aliphatic heterocycles. The molecule has 0 aliphatic carbocycles. The lowest BCUT2D eigenvalue weighted by molar-refractivity contribution is -0.139. The quantitative estimate of drug-likeness (QED) is 0.512. The Kier molecular flexibility index (Phi) is 6.67. The standard InChI is InChI=1S/C20H18O6S/c1-3-19(21)25-13-15-5-9-17(10-6-15)27(23,24)18-11-7-16(8-12-18)14-26-20(22)4-2/h3-12H,1-2,13-14H2. The number of sulfone groups is 1. The van der Waals surface area contributed by atoms with E-state index in [0.29, 0.717) is 11.1 Å². The minimum absolute atomic E-state index is 0.0311. The molecule has 0 fully saturated rings. The number of ether oxygens (including phenoxy) is 2. The number of benzene rings is 2. The molecule has 0 radical (unpaired) electrons. The minimum Gasteiger partial charge on any atom is -0.458 e. The van der Waals surface area contributed by atoms with E-state index in [0.717, 1.165) is 12.2 Å². The topological polar surface area (TPSA) is 86.7 Å². The molecule has 0 heterocycles. The van der Waals surface area contributed by atoms with Gasteiger partial charge in [-0.2, -0.15) is 0 Å². The first-order valence-corrected chi connectivity index (χ1v) is 9.36. The molecule has 0 amide bonds. The number of carbonyl (C=O) groups is 2. The third kappa shape index (κ3) is 5.39. The van der Waals surface area contributed by atoms with Crippen molar-refractivity contribution in [3.8, 4) is 0 Å². The van der Waals surface area contributed by atoms with Crippen molar-refractivity contribution in [2.45, 2.75) is 23.0 Å². The Morgan fingerprint density at radius 1 is 0.741 bits per heavy atom. The van der Waals surface area contributed by atoms with Gasteiger partial charge in [-0.1, -0.05) is 37.4 Å². The number of rotatable bonds is 8. The molecule has 7 heteroatoms. The highest BCUT2D eigenvalue weighted by Crippen LogP contribution is 2.22. The average molecular weight is 386 g/mol. The Bertz CT molecular complexity index is 867. The molecule has 0 bridgehead atoms. The molecule has 0 atom stereocenters. The first-order valence-electron chi connectivity index (χ1n) is 7.88. The van der Waals surface area contributed by atoms with Gasteiger partial charge in [0, 0.05) is 12.2 Å². The third-order valence-corrected chi connectivity index (χ3v) is 5.35. The van der Waals surface area contributed by atoms with Crippen LogP contribution in [-0.2, 0) is 42.1 Å². The van der Waals surface area contributed by atoms with Gasteiger partial charge in [0.05, 0.1) is 9.79 Å². The molecule has 140 valence electrons. The second-order valence-corrected chi connectivity index (χ2v) is 7.36. The summed E-state index contributed by atoms with van der Waals surface area (Å²) in [6.07, 6.45) is 2.11. The van der Waals surface area contributed by atoms with Crippen LogP contribution in [0.2, 0.25) is 0 Å². The second-order valence-electron chi connectivity index (χ2n) is 5.42. The van der Waals surface area contributed by atoms with E-state index in [1.165, 1.54) is 24.3 Å². The van der Waals surface area contributed by atoms with Gasteiger partial charge in [-0.25, -0.2) is 18.0 Å². The number of carbonyl (C=O) groups excluding carboxylic acids is 2. The van der Waals surface area contributed by atoms with Crippen LogP contribution in [0.1, 0.15) is 11.1 Å². The van der Waals surface area contributed by atoms with Gasteiger partial charge in [-0.15, -0.1) is 0 Å². The molecule has 0 spiro atoms. The maximum Gasteiger partial charge on any atom is 0.330 e. The van der Waals surface area contributed by atoms with Crippen molar-refractivity contribution in [1.82, 2.24) is 0 Å². The Labute approximate surface area is 157 Å². The fourth-order valence-electron chi connectivity index (χ4n) is 2.09. The SMILES string of the molecule is C=CC(=O)OCc1ccc(S(=O)(=O)c2ccc(COC(=O)C=C)cc2)cc1.